The van der Waals surface area contributed by atoms with Crippen LogP contribution in [0.5, 0.6) is 0 Å². The summed E-state index contributed by atoms with van der Waals surface area (Å²) in [5.74, 6) is -0.180. The second-order valence-electron chi connectivity index (χ2n) is 3.35. The standard InChI is InChI=1S/C12H10BrFS/c13-12(10-5-6-15-8-10)7-9-1-3-11(14)4-2-9/h1-6,8,12H,7H2. The number of hydrogen-bond donors (Lipinski definition) is 0. The largest absolute Gasteiger partial charge is 0.207 e. The molecule has 0 N–H and O–H groups in total. The highest BCUT2D eigenvalue weighted by molar-refractivity contribution is 9.09. The molecule has 0 fully saturated rings. The lowest BCUT2D eigenvalue weighted by atomic mass is 10.1. The fraction of sp³-hybridized carbons (Fsp3) is 0.167. The quantitative estimate of drug-likeness (QED) is 0.725. The predicted molar refractivity (Wildman–Crippen MR) is 66.1 cm³/mol. The second kappa shape index (κ2) is 4.90. The van der Waals surface area contributed by atoms with Gasteiger partial charge in [0.1, 0.15) is 5.82 Å². The van der Waals surface area contributed by atoms with Crippen LogP contribution in [0.2, 0.25) is 0 Å². The summed E-state index contributed by atoms with van der Waals surface area (Å²) in [5.41, 5.74) is 2.42. The van der Waals surface area contributed by atoms with E-state index in [1.807, 2.05) is 12.1 Å². The molecule has 0 aliphatic rings. The summed E-state index contributed by atoms with van der Waals surface area (Å²) in [7, 11) is 0. The van der Waals surface area contributed by atoms with Gasteiger partial charge >= 0.3 is 0 Å². The average Bonchev–Trinajstić information content (AvgIpc) is 2.74. The number of rotatable bonds is 3. The SMILES string of the molecule is Fc1ccc(CC(Br)c2ccsc2)cc1. The van der Waals surface area contributed by atoms with Gasteiger partial charge in [-0.3, -0.25) is 0 Å². The molecular formula is C12H10BrFS. The van der Waals surface area contributed by atoms with Crippen molar-refractivity contribution in [2.75, 3.05) is 0 Å². The summed E-state index contributed by atoms with van der Waals surface area (Å²) < 4.78 is 12.7. The van der Waals surface area contributed by atoms with E-state index < -0.39 is 0 Å². The first-order valence-corrected chi connectivity index (χ1v) is 6.52. The molecule has 15 heavy (non-hydrogen) atoms. The molecule has 3 heteroatoms. The molecule has 1 aromatic carbocycles. The van der Waals surface area contributed by atoms with E-state index in [0.717, 1.165) is 12.0 Å². The average molecular weight is 285 g/mol. The number of hydrogen-bond acceptors (Lipinski definition) is 1. The van der Waals surface area contributed by atoms with Crippen LogP contribution in [0.15, 0.2) is 41.1 Å². The maximum atomic E-state index is 12.7. The molecule has 2 rings (SSSR count). The second-order valence-corrected chi connectivity index (χ2v) is 5.24. The van der Waals surface area contributed by atoms with E-state index in [4.69, 9.17) is 0 Å². The molecule has 0 aliphatic heterocycles. The van der Waals surface area contributed by atoms with Gasteiger partial charge in [0.2, 0.25) is 0 Å². The van der Waals surface area contributed by atoms with Crippen LogP contribution in [0, 0.1) is 5.82 Å². The molecule has 0 bridgehead atoms. The Hall–Kier alpha value is -0.670. The third-order valence-corrected chi connectivity index (χ3v) is 3.79. The Labute approximate surface area is 101 Å². The van der Waals surface area contributed by atoms with E-state index in [-0.39, 0.29) is 5.82 Å². The molecule has 0 amide bonds. The normalized spacial score (nSPS) is 12.7. The minimum absolute atomic E-state index is 0.180. The van der Waals surface area contributed by atoms with Gasteiger partial charge in [0.15, 0.2) is 0 Å². The first-order valence-electron chi connectivity index (χ1n) is 4.66. The molecule has 1 aromatic heterocycles. The first kappa shape index (κ1) is 10.8. The summed E-state index contributed by atoms with van der Waals surface area (Å²) in [6.07, 6.45) is 0.886. The molecule has 0 radical (unpaired) electrons. The van der Waals surface area contributed by atoms with Gasteiger partial charge in [-0.2, -0.15) is 11.3 Å². The zero-order valence-corrected chi connectivity index (χ0v) is 10.4. The van der Waals surface area contributed by atoms with Crippen LogP contribution in [0.1, 0.15) is 16.0 Å². The van der Waals surface area contributed by atoms with Crippen molar-refractivity contribution in [1.82, 2.24) is 0 Å². The smallest absolute Gasteiger partial charge is 0.123 e. The van der Waals surface area contributed by atoms with Crippen LogP contribution in [0.25, 0.3) is 0 Å². The maximum Gasteiger partial charge on any atom is 0.123 e. The van der Waals surface area contributed by atoms with Gasteiger partial charge in [-0.15, -0.1) is 0 Å². The Morgan fingerprint density at radius 2 is 1.93 bits per heavy atom. The molecule has 2 aromatic rings. The summed E-state index contributed by atoms with van der Waals surface area (Å²) in [4.78, 5) is 0.314. The van der Waals surface area contributed by atoms with Crippen molar-refractivity contribution in [3.63, 3.8) is 0 Å². The fourth-order valence-corrected chi connectivity index (χ4v) is 2.95. The highest BCUT2D eigenvalue weighted by atomic mass is 79.9. The topological polar surface area (TPSA) is 0 Å². The van der Waals surface area contributed by atoms with Crippen molar-refractivity contribution in [3.8, 4) is 0 Å². The van der Waals surface area contributed by atoms with Crippen molar-refractivity contribution < 1.29 is 4.39 Å². The maximum absolute atomic E-state index is 12.7. The Morgan fingerprint density at radius 3 is 2.53 bits per heavy atom. The van der Waals surface area contributed by atoms with Crippen LogP contribution >= 0.6 is 27.3 Å². The van der Waals surface area contributed by atoms with Gasteiger partial charge in [-0.05, 0) is 46.5 Å². The zero-order valence-electron chi connectivity index (χ0n) is 7.99. The number of alkyl halides is 1. The Kier molecular flexibility index (Phi) is 3.54. The minimum atomic E-state index is -0.180. The molecule has 0 saturated carbocycles. The monoisotopic (exact) mass is 284 g/mol. The Balaban J connectivity index is 2.06. The molecule has 0 nitrogen and oxygen atoms in total. The van der Waals surface area contributed by atoms with E-state index in [1.165, 1.54) is 17.7 Å². The molecule has 0 spiro atoms. The van der Waals surface area contributed by atoms with E-state index in [0.29, 0.717) is 4.83 Å². The molecule has 0 saturated heterocycles. The van der Waals surface area contributed by atoms with E-state index in [9.17, 15) is 4.39 Å². The summed E-state index contributed by atoms with van der Waals surface area (Å²) >= 11 is 5.32. The zero-order chi connectivity index (χ0) is 10.7. The third kappa shape index (κ3) is 2.89. The van der Waals surface area contributed by atoms with Crippen LogP contribution in [0.3, 0.4) is 0 Å². The van der Waals surface area contributed by atoms with Crippen molar-refractivity contribution in [2.24, 2.45) is 0 Å². The van der Waals surface area contributed by atoms with Gasteiger partial charge in [0, 0.05) is 4.83 Å². The van der Waals surface area contributed by atoms with Gasteiger partial charge in [0.25, 0.3) is 0 Å². The molecule has 1 unspecified atom stereocenters. The lowest BCUT2D eigenvalue weighted by Gasteiger charge is -2.07. The molecule has 0 aliphatic carbocycles. The van der Waals surface area contributed by atoms with Crippen LogP contribution in [0.4, 0.5) is 4.39 Å². The van der Waals surface area contributed by atoms with Crippen molar-refractivity contribution in [2.45, 2.75) is 11.2 Å². The first-order chi connectivity index (χ1) is 7.25. The molecular weight excluding hydrogens is 275 g/mol. The minimum Gasteiger partial charge on any atom is -0.207 e. The van der Waals surface area contributed by atoms with E-state index >= 15 is 0 Å². The highest BCUT2D eigenvalue weighted by Gasteiger charge is 2.08. The predicted octanol–water partition coefficient (Wildman–Crippen LogP) is 4.57. The fourth-order valence-electron chi connectivity index (χ4n) is 1.40. The van der Waals surface area contributed by atoms with Gasteiger partial charge in [-0.1, -0.05) is 28.1 Å². The van der Waals surface area contributed by atoms with Gasteiger partial charge < -0.3 is 0 Å². The summed E-state index contributed by atoms with van der Waals surface area (Å²) in [6, 6.07) is 8.77. The van der Waals surface area contributed by atoms with Crippen LogP contribution < -0.4 is 0 Å². The van der Waals surface area contributed by atoms with Gasteiger partial charge in [-0.25, -0.2) is 4.39 Å². The van der Waals surface area contributed by atoms with E-state index in [1.54, 1.807) is 11.3 Å². The van der Waals surface area contributed by atoms with Crippen molar-refractivity contribution in [1.29, 1.82) is 0 Å². The molecule has 1 atom stereocenters. The lowest BCUT2D eigenvalue weighted by molar-refractivity contribution is 0.627. The highest BCUT2D eigenvalue weighted by Crippen LogP contribution is 2.28. The number of halogens is 2. The summed E-state index contributed by atoms with van der Waals surface area (Å²) in [6.45, 7) is 0. The van der Waals surface area contributed by atoms with Crippen molar-refractivity contribution >= 4 is 27.3 Å². The van der Waals surface area contributed by atoms with Crippen LogP contribution in [-0.2, 0) is 6.42 Å². The summed E-state index contributed by atoms with van der Waals surface area (Å²) in [5, 5.41) is 4.19. The lowest BCUT2D eigenvalue weighted by Crippen LogP contribution is -1.93. The molecule has 78 valence electrons. The van der Waals surface area contributed by atoms with E-state index in [2.05, 4.69) is 32.8 Å². The van der Waals surface area contributed by atoms with Crippen molar-refractivity contribution in [3.05, 3.63) is 58.0 Å². The third-order valence-electron chi connectivity index (χ3n) is 2.23. The van der Waals surface area contributed by atoms with Gasteiger partial charge in [0.05, 0.1) is 0 Å². The number of benzene rings is 1. The molecule has 1 heterocycles. The number of thiophene rings is 1. The van der Waals surface area contributed by atoms with Crippen LogP contribution in [-0.4, -0.2) is 0 Å². The Morgan fingerprint density at radius 1 is 1.20 bits per heavy atom. The Bertz CT molecular complexity index is 408.